The standard InChI is InChI=1S/C18H17FN2O4/c1-25-15-7-2-12(3-8-15)11-20(13-4-5-13)18(22)16-9-6-14(21(23)24)10-17(16)19/h2-3,6-10,13H,4-5,11H2,1H3. The van der Waals surface area contributed by atoms with Gasteiger partial charge in [-0.15, -0.1) is 0 Å². The molecule has 0 unspecified atom stereocenters. The number of non-ortho nitro benzene ring substituents is 1. The van der Waals surface area contributed by atoms with Gasteiger partial charge in [-0.1, -0.05) is 12.1 Å². The maximum Gasteiger partial charge on any atom is 0.272 e. The highest BCUT2D eigenvalue weighted by atomic mass is 19.1. The van der Waals surface area contributed by atoms with Gasteiger partial charge in [-0.3, -0.25) is 14.9 Å². The predicted octanol–water partition coefficient (Wildman–Crippen LogP) is 3.55. The van der Waals surface area contributed by atoms with Crippen LogP contribution in [0.15, 0.2) is 42.5 Å². The largest absolute Gasteiger partial charge is 0.497 e. The molecular weight excluding hydrogens is 327 g/mol. The molecule has 0 N–H and O–H groups in total. The molecule has 1 saturated carbocycles. The molecule has 0 saturated heterocycles. The van der Waals surface area contributed by atoms with Crippen molar-refractivity contribution in [2.45, 2.75) is 25.4 Å². The Morgan fingerprint density at radius 2 is 1.96 bits per heavy atom. The zero-order valence-electron chi connectivity index (χ0n) is 13.6. The van der Waals surface area contributed by atoms with Crippen LogP contribution < -0.4 is 4.74 Å². The van der Waals surface area contributed by atoms with Gasteiger partial charge < -0.3 is 9.64 Å². The van der Waals surface area contributed by atoms with Crippen LogP contribution in [0.4, 0.5) is 10.1 Å². The van der Waals surface area contributed by atoms with Gasteiger partial charge >= 0.3 is 0 Å². The summed E-state index contributed by atoms with van der Waals surface area (Å²) >= 11 is 0. The van der Waals surface area contributed by atoms with E-state index >= 15 is 0 Å². The minimum atomic E-state index is -0.875. The van der Waals surface area contributed by atoms with Crippen LogP contribution in [0.1, 0.15) is 28.8 Å². The van der Waals surface area contributed by atoms with Gasteiger partial charge in [0.2, 0.25) is 0 Å². The van der Waals surface area contributed by atoms with Gasteiger partial charge in [0.25, 0.3) is 11.6 Å². The van der Waals surface area contributed by atoms with Crippen LogP contribution in [0, 0.1) is 15.9 Å². The van der Waals surface area contributed by atoms with Crippen molar-refractivity contribution >= 4 is 11.6 Å². The Hall–Kier alpha value is -2.96. The third-order valence-corrected chi connectivity index (χ3v) is 4.15. The molecule has 0 atom stereocenters. The van der Waals surface area contributed by atoms with E-state index in [0.29, 0.717) is 6.54 Å². The van der Waals surface area contributed by atoms with E-state index in [9.17, 15) is 19.3 Å². The molecule has 2 aromatic rings. The van der Waals surface area contributed by atoms with Gasteiger partial charge in [0.1, 0.15) is 11.6 Å². The van der Waals surface area contributed by atoms with Crippen molar-refractivity contribution in [3.8, 4) is 5.75 Å². The van der Waals surface area contributed by atoms with Gasteiger partial charge in [0.15, 0.2) is 0 Å². The van der Waals surface area contributed by atoms with Crippen molar-refractivity contribution in [1.82, 2.24) is 4.90 Å². The molecule has 0 spiro atoms. The van der Waals surface area contributed by atoms with Crippen LogP contribution >= 0.6 is 0 Å². The molecule has 0 radical (unpaired) electrons. The summed E-state index contributed by atoms with van der Waals surface area (Å²) in [7, 11) is 1.58. The lowest BCUT2D eigenvalue weighted by molar-refractivity contribution is -0.385. The molecule has 0 bridgehead atoms. The van der Waals surface area contributed by atoms with Gasteiger partial charge in [-0.25, -0.2) is 4.39 Å². The number of hydrogen-bond acceptors (Lipinski definition) is 4. The van der Waals surface area contributed by atoms with E-state index < -0.39 is 16.6 Å². The number of methoxy groups -OCH3 is 1. The highest BCUT2D eigenvalue weighted by Crippen LogP contribution is 2.31. The molecule has 1 amide bonds. The summed E-state index contributed by atoms with van der Waals surface area (Å²) in [4.78, 5) is 24.4. The first kappa shape index (κ1) is 16.9. The molecule has 25 heavy (non-hydrogen) atoms. The number of halogens is 1. The molecule has 6 nitrogen and oxygen atoms in total. The molecule has 0 heterocycles. The summed E-state index contributed by atoms with van der Waals surface area (Å²) in [5, 5.41) is 10.7. The van der Waals surface area contributed by atoms with Gasteiger partial charge in [0, 0.05) is 18.7 Å². The Balaban J connectivity index is 1.82. The monoisotopic (exact) mass is 344 g/mol. The molecule has 1 aliphatic carbocycles. The summed E-state index contributed by atoms with van der Waals surface area (Å²) in [6.07, 6.45) is 1.74. The van der Waals surface area contributed by atoms with E-state index in [1.165, 1.54) is 6.07 Å². The average Bonchev–Trinajstić information content (AvgIpc) is 3.44. The number of benzene rings is 2. The summed E-state index contributed by atoms with van der Waals surface area (Å²) in [6.45, 7) is 0.351. The van der Waals surface area contributed by atoms with Gasteiger partial charge in [-0.2, -0.15) is 0 Å². The van der Waals surface area contributed by atoms with E-state index in [-0.39, 0.29) is 17.3 Å². The predicted molar refractivity (Wildman–Crippen MR) is 88.9 cm³/mol. The molecule has 7 heteroatoms. The van der Waals surface area contributed by atoms with Crippen LogP contribution in [0.3, 0.4) is 0 Å². The third kappa shape index (κ3) is 3.76. The first-order valence-electron chi connectivity index (χ1n) is 7.87. The number of hydrogen-bond donors (Lipinski definition) is 0. The topological polar surface area (TPSA) is 72.7 Å². The quantitative estimate of drug-likeness (QED) is 0.593. The van der Waals surface area contributed by atoms with E-state index in [1.54, 1.807) is 24.1 Å². The Kier molecular flexibility index (Phi) is 4.65. The van der Waals surface area contributed by atoms with Crippen LogP contribution in [-0.4, -0.2) is 28.9 Å². The number of nitrogens with zero attached hydrogens (tertiary/aromatic N) is 2. The zero-order valence-corrected chi connectivity index (χ0v) is 13.6. The van der Waals surface area contributed by atoms with Crippen molar-refractivity contribution < 1.29 is 18.8 Å². The lowest BCUT2D eigenvalue weighted by Gasteiger charge is -2.23. The smallest absolute Gasteiger partial charge is 0.272 e. The number of amides is 1. The number of rotatable bonds is 6. The van der Waals surface area contributed by atoms with Crippen LogP contribution in [0.2, 0.25) is 0 Å². The minimum absolute atomic E-state index is 0.0733. The summed E-state index contributed by atoms with van der Waals surface area (Å²) in [6, 6.07) is 10.5. The molecular formula is C18H17FN2O4. The van der Waals surface area contributed by atoms with E-state index in [4.69, 9.17) is 4.74 Å². The Morgan fingerprint density at radius 1 is 1.28 bits per heavy atom. The van der Waals surface area contributed by atoms with Crippen LogP contribution in [-0.2, 0) is 6.54 Å². The SMILES string of the molecule is COc1ccc(CN(C(=O)c2ccc([N+](=O)[O-])cc2F)C2CC2)cc1. The van der Waals surface area contributed by atoms with Crippen LogP contribution in [0.25, 0.3) is 0 Å². The number of carbonyl (C=O) groups excluding carboxylic acids is 1. The lowest BCUT2D eigenvalue weighted by Crippen LogP contribution is -2.33. The summed E-state index contributed by atoms with van der Waals surface area (Å²) in [5.74, 6) is -0.611. The van der Waals surface area contributed by atoms with Crippen LogP contribution in [0.5, 0.6) is 5.75 Å². The fourth-order valence-electron chi connectivity index (χ4n) is 2.63. The number of carbonyl (C=O) groups is 1. The van der Waals surface area contributed by atoms with Gasteiger partial charge in [0.05, 0.1) is 23.7 Å². The minimum Gasteiger partial charge on any atom is -0.497 e. The molecule has 1 fully saturated rings. The third-order valence-electron chi connectivity index (χ3n) is 4.15. The molecule has 0 aliphatic heterocycles. The molecule has 2 aromatic carbocycles. The molecule has 130 valence electrons. The normalized spacial score (nSPS) is 13.4. The van der Waals surface area contributed by atoms with Crippen molar-refractivity contribution in [2.24, 2.45) is 0 Å². The fourth-order valence-corrected chi connectivity index (χ4v) is 2.63. The molecule has 1 aliphatic rings. The van der Waals surface area contributed by atoms with Crippen molar-refractivity contribution in [3.05, 3.63) is 69.5 Å². The first-order valence-corrected chi connectivity index (χ1v) is 7.87. The second-order valence-electron chi connectivity index (χ2n) is 5.93. The van der Waals surface area contributed by atoms with Gasteiger partial charge in [-0.05, 0) is 36.6 Å². The lowest BCUT2D eigenvalue weighted by atomic mass is 10.1. The van der Waals surface area contributed by atoms with E-state index in [2.05, 4.69) is 0 Å². The second kappa shape index (κ2) is 6.88. The fraction of sp³-hybridized carbons (Fsp3) is 0.278. The number of ether oxygens (including phenoxy) is 1. The zero-order chi connectivity index (χ0) is 18.0. The van der Waals surface area contributed by atoms with Crippen molar-refractivity contribution in [3.63, 3.8) is 0 Å². The van der Waals surface area contributed by atoms with E-state index in [1.807, 2.05) is 12.1 Å². The summed E-state index contributed by atoms with van der Waals surface area (Å²) < 4.78 is 19.3. The second-order valence-corrected chi connectivity index (χ2v) is 5.93. The molecule has 0 aromatic heterocycles. The maximum atomic E-state index is 14.2. The summed E-state index contributed by atoms with van der Waals surface area (Å²) in [5.41, 5.74) is 0.386. The van der Waals surface area contributed by atoms with E-state index in [0.717, 1.165) is 36.3 Å². The Labute approximate surface area is 144 Å². The maximum absolute atomic E-state index is 14.2. The van der Waals surface area contributed by atoms with Crippen molar-refractivity contribution in [2.75, 3.05) is 7.11 Å². The Bertz CT molecular complexity index is 803. The molecule has 3 rings (SSSR count). The average molecular weight is 344 g/mol. The first-order chi connectivity index (χ1) is 12.0. The Morgan fingerprint density at radius 3 is 2.48 bits per heavy atom. The van der Waals surface area contributed by atoms with Crippen molar-refractivity contribution in [1.29, 1.82) is 0 Å². The number of nitro groups is 1. The highest BCUT2D eigenvalue weighted by Gasteiger charge is 2.34. The highest BCUT2D eigenvalue weighted by molar-refractivity contribution is 5.95. The number of nitro benzene ring substituents is 1.